The average molecular weight is 173 g/mol. The van der Waals surface area contributed by atoms with Crippen LogP contribution in [-0.2, 0) is 9.47 Å². The summed E-state index contributed by atoms with van der Waals surface area (Å²) in [6, 6.07) is 0. The summed E-state index contributed by atoms with van der Waals surface area (Å²) in [5.41, 5.74) is 0. The predicted octanol–water partition coefficient (Wildman–Crippen LogP) is 2.55. The molecule has 1 unspecified atom stereocenters. The van der Waals surface area contributed by atoms with Gasteiger partial charge in [0.05, 0.1) is 6.61 Å². The molecule has 0 aliphatic carbocycles. The first-order valence-electron chi connectivity index (χ1n) is 4.37. The quantitative estimate of drug-likeness (QED) is 0.599. The molecule has 0 bridgehead atoms. The zero-order valence-corrected chi connectivity index (χ0v) is 7.84. The van der Waals surface area contributed by atoms with E-state index in [-0.39, 0.29) is 6.10 Å². The van der Waals surface area contributed by atoms with Gasteiger partial charge in [0.2, 0.25) is 0 Å². The van der Waals surface area contributed by atoms with E-state index in [1.54, 1.807) is 6.92 Å². The molecule has 0 aliphatic heterocycles. The Morgan fingerprint density at radius 1 is 1.50 bits per heavy atom. The molecule has 3 nitrogen and oxygen atoms in total. The van der Waals surface area contributed by atoms with Crippen LogP contribution in [0.15, 0.2) is 0 Å². The van der Waals surface area contributed by atoms with Gasteiger partial charge in [0, 0.05) is 0 Å². The predicted molar refractivity (Wildman–Crippen MR) is 46.8 cm³/mol. The van der Waals surface area contributed by atoms with Crippen LogP contribution in [0.1, 0.15) is 33.1 Å². The molecule has 0 amide bonds. The Balaban J connectivity index is 3.40. The van der Waals surface area contributed by atoms with Crippen molar-refractivity contribution in [3.63, 3.8) is 0 Å². The molecule has 12 heavy (non-hydrogen) atoms. The maximum atomic E-state index is 10.7. The summed E-state index contributed by atoms with van der Waals surface area (Å²) >= 11 is 0. The average Bonchev–Trinajstić information content (AvgIpc) is 2.01. The molecule has 0 spiro atoms. The molecule has 1 radical (unpaired) electrons. The van der Waals surface area contributed by atoms with Crippen molar-refractivity contribution < 1.29 is 14.3 Å². The van der Waals surface area contributed by atoms with E-state index in [0.29, 0.717) is 6.61 Å². The Bertz CT molecular complexity index is 123. The molecule has 0 aromatic heterocycles. The van der Waals surface area contributed by atoms with E-state index >= 15 is 0 Å². The Kier molecular flexibility index (Phi) is 6.53. The Morgan fingerprint density at radius 3 is 2.67 bits per heavy atom. The summed E-state index contributed by atoms with van der Waals surface area (Å²) in [6.07, 6.45) is 2.01. The molecule has 0 aliphatic rings. The van der Waals surface area contributed by atoms with E-state index in [9.17, 15) is 4.79 Å². The molecule has 0 fully saturated rings. The highest BCUT2D eigenvalue weighted by molar-refractivity contribution is 5.60. The minimum absolute atomic E-state index is 0.274. The number of carbonyl (C=O) groups is 1. The third-order valence-electron chi connectivity index (χ3n) is 1.40. The largest absolute Gasteiger partial charge is 0.508 e. The van der Waals surface area contributed by atoms with Crippen molar-refractivity contribution in [2.75, 3.05) is 6.61 Å². The summed E-state index contributed by atoms with van der Waals surface area (Å²) in [4.78, 5) is 10.7. The van der Waals surface area contributed by atoms with Crippen molar-refractivity contribution in [2.45, 2.75) is 39.2 Å². The number of carbonyl (C=O) groups excluding carboxylic acids is 1. The number of hydrogen-bond donors (Lipinski definition) is 0. The lowest BCUT2D eigenvalue weighted by atomic mass is 10.2. The minimum atomic E-state index is -0.617. The van der Waals surface area contributed by atoms with Crippen LogP contribution in [-0.4, -0.2) is 18.9 Å². The third-order valence-corrected chi connectivity index (χ3v) is 1.40. The van der Waals surface area contributed by atoms with Gasteiger partial charge in [-0.2, -0.15) is 0 Å². The lowest BCUT2D eigenvalue weighted by Gasteiger charge is -2.11. The number of unbranched alkanes of at least 4 members (excludes halogenated alkanes) is 1. The van der Waals surface area contributed by atoms with E-state index in [0.717, 1.165) is 19.3 Å². The Labute approximate surface area is 74.0 Å². The summed E-state index contributed by atoms with van der Waals surface area (Å²) in [5.74, 6) is 0. The highest BCUT2D eigenvalue weighted by atomic mass is 16.7. The molecule has 0 heterocycles. The summed E-state index contributed by atoms with van der Waals surface area (Å²) in [5, 5.41) is 0. The van der Waals surface area contributed by atoms with E-state index < -0.39 is 6.16 Å². The van der Waals surface area contributed by atoms with E-state index in [1.165, 1.54) is 0 Å². The molecule has 3 heteroatoms. The van der Waals surface area contributed by atoms with Crippen LogP contribution >= 0.6 is 0 Å². The number of rotatable bonds is 5. The van der Waals surface area contributed by atoms with Gasteiger partial charge in [-0.3, -0.25) is 0 Å². The first-order chi connectivity index (χ1) is 5.70. The fourth-order valence-corrected chi connectivity index (χ4v) is 0.779. The SMILES string of the molecule is [CH2]C(CCCC)OC(=O)OCC. The molecular weight excluding hydrogens is 156 g/mol. The highest BCUT2D eigenvalue weighted by Crippen LogP contribution is 2.04. The first-order valence-corrected chi connectivity index (χ1v) is 4.37. The van der Waals surface area contributed by atoms with Crippen molar-refractivity contribution in [1.29, 1.82) is 0 Å². The van der Waals surface area contributed by atoms with Crippen molar-refractivity contribution >= 4 is 6.16 Å². The molecule has 0 saturated carbocycles. The van der Waals surface area contributed by atoms with Crippen LogP contribution in [0, 0.1) is 6.92 Å². The number of ether oxygens (including phenoxy) is 2. The van der Waals surface area contributed by atoms with Crippen molar-refractivity contribution in [1.82, 2.24) is 0 Å². The molecule has 0 N–H and O–H groups in total. The second-order valence-corrected chi connectivity index (χ2v) is 2.57. The molecule has 71 valence electrons. The standard InChI is InChI=1S/C9H17O3/c1-4-6-7-8(3)12-9(10)11-5-2/h8H,3-7H2,1-2H3. The van der Waals surface area contributed by atoms with Crippen LogP contribution in [0.3, 0.4) is 0 Å². The van der Waals surface area contributed by atoms with Crippen LogP contribution in [0.5, 0.6) is 0 Å². The zero-order chi connectivity index (χ0) is 9.40. The van der Waals surface area contributed by atoms with Crippen LogP contribution < -0.4 is 0 Å². The Morgan fingerprint density at radius 2 is 2.17 bits per heavy atom. The highest BCUT2D eigenvalue weighted by Gasteiger charge is 2.08. The Hall–Kier alpha value is -0.730. The third kappa shape index (κ3) is 6.01. The lowest BCUT2D eigenvalue weighted by molar-refractivity contribution is 0.0369. The van der Waals surface area contributed by atoms with Gasteiger partial charge in [0.1, 0.15) is 6.10 Å². The fraction of sp³-hybridized carbons (Fsp3) is 0.778. The van der Waals surface area contributed by atoms with Crippen molar-refractivity contribution in [2.24, 2.45) is 0 Å². The lowest BCUT2D eigenvalue weighted by Crippen LogP contribution is -2.16. The molecule has 0 aromatic carbocycles. The smallest absolute Gasteiger partial charge is 0.435 e. The van der Waals surface area contributed by atoms with Crippen LogP contribution in [0.2, 0.25) is 0 Å². The van der Waals surface area contributed by atoms with Crippen molar-refractivity contribution in [3.8, 4) is 0 Å². The molecule has 1 atom stereocenters. The molecule has 0 saturated heterocycles. The van der Waals surface area contributed by atoms with E-state index in [4.69, 9.17) is 4.74 Å². The van der Waals surface area contributed by atoms with Gasteiger partial charge in [0.15, 0.2) is 0 Å². The van der Waals surface area contributed by atoms with Gasteiger partial charge in [-0.25, -0.2) is 4.79 Å². The van der Waals surface area contributed by atoms with Gasteiger partial charge in [0.25, 0.3) is 0 Å². The second kappa shape index (κ2) is 6.95. The summed E-state index contributed by atoms with van der Waals surface area (Å²) < 4.78 is 9.41. The zero-order valence-electron chi connectivity index (χ0n) is 7.84. The van der Waals surface area contributed by atoms with E-state index in [2.05, 4.69) is 18.6 Å². The summed E-state index contributed by atoms with van der Waals surface area (Å²) in [7, 11) is 0. The van der Waals surface area contributed by atoms with Crippen LogP contribution in [0.4, 0.5) is 4.79 Å². The van der Waals surface area contributed by atoms with Gasteiger partial charge >= 0.3 is 6.16 Å². The molecule has 0 aromatic rings. The summed E-state index contributed by atoms with van der Waals surface area (Å²) in [6.45, 7) is 7.84. The maximum absolute atomic E-state index is 10.7. The fourth-order valence-electron chi connectivity index (χ4n) is 0.779. The normalized spacial score (nSPS) is 12.2. The minimum Gasteiger partial charge on any atom is -0.435 e. The van der Waals surface area contributed by atoms with E-state index in [1.807, 2.05) is 0 Å². The van der Waals surface area contributed by atoms with Gasteiger partial charge in [-0.1, -0.05) is 19.8 Å². The second-order valence-electron chi connectivity index (χ2n) is 2.57. The van der Waals surface area contributed by atoms with Gasteiger partial charge < -0.3 is 9.47 Å². The molecular formula is C9H17O3. The first kappa shape index (κ1) is 11.3. The van der Waals surface area contributed by atoms with Crippen molar-refractivity contribution in [3.05, 3.63) is 6.92 Å². The van der Waals surface area contributed by atoms with Gasteiger partial charge in [-0.05, 0) is 20.3 Å². The van der Waals surface area contributed by atoms with Crippen LogP contribution in [0.25, 0.3) is 0 Å². The monoisotopic (exact) mass is 173 g/mol. The van der Waals surface area contributed by atoms with Gasteiger partial charge in [-0.15, -0.1) is 0 Å². The molecule has 0 rings (SSSR count). The number of hydrogen-bond acceptors (Lipinski definition) is 3. The maximum Gasteiger partial charge on any atom is 0.508 e. The topological polar surface area (TPSA) is 35.5 Å².